The van der Waals surface area contributed by atoms with Gasteiger partial charge in [0.25, 0.3) is 0 Å². The van der Waals surface area contributed by atoms with Crippen LogP contribution < -0.4 is 9.47 Å². The first-order chi connectivity index (χ1) is 10.2. The average molecular weight is 297 g/mol. The van der Waals surface area contributed by atoms with Gasteiger partial charge in [-0.2, -0.15) is 0 Å². The summed E-state index contributed by atoms with van der Waals surface area (Å²) in [6, 6.07) is 5.27. The minimum atomic E-state index is -1.81. The summed E-state index contributed by atoms with van der Waals surface area (Å²) in [5.74, 6) is 1.21. The zero-order chi connectivity index (χ0) is 16.5. The Balaban J connectivity index is 2.32. The number of aliphatic hydroxyl groups excluding tert-OH is 1. The molecule has 2 N–H and O–H groups in total. The van der Waals surface area contributed by atoms with E-state index in [0.717, 1.165) is 5.56 Å². The molecule has 0 bridgehead atoms. The average Bonchev–Trinajstić information content (AvgIpc) is 2.41. The van der Waals surface area contributed by atoms with Crippen molar-refractivity contribution in [1.82, 2.24) is 4.90 Å². The van der Waals surface area contributed by atoms with E-state index >= 15 is 0 Å². The summed E-state index contributed by atoms with van der Waals surface area (Å²) < 4.78 is 10.5. The van der Waals surface area contributed by atoms with Gasteiger partial charge in [-0.1, -0.05) is 6.07 Å². The van der Waals surface area contributed by atoms with Crippen LogP contribution in [0.1, 0.15) is 18.4 Å². The quantitative estimate of drug-likeness (QED) is 0.731. The maximum absolute atomic E-state index is 10.4. The van der Waals surface area contributed by atoms with E-state index in [4.69, 9.17) is 33.0 Å². The van der Waals surface area contributed by atoms with Crippen molar-refractivity contribution in [1.29, 1.82) is 0 Å². The van der Waals surface area contributed by atoms with Gasteiger partial charge in [0, 0.05) is 24.6 Å². The highest BCUT2D eigenvalue weighted by Gasteiger charge is 2.45. The Kier molecular flexibility index (Phi) is 4.85. The van der Waals surface area contributed by atoms with Crippen LogP contribution in [-0.4, -0.2) is 69.9 Å². The first-order valence-corrected chi connectivity index (χ1v) is 6.95. The molecule has 0 aliphatic carbocycles. The summed E-state index contributed by atoms with van der Waals surface area (Å²) in [6.07, 6.45) is -0.800. The molecule has 22 heavy (non-hydrogen) atoms. The summed E-state index contributed by atoms with van der Waals surface area (Å²) in [4.78, 5) is 1.36. The third kappa shape index (κ3) is 3.45. The van der Waals surface area contributed by atoms with Crippen molar-refractivity contribution >= 4 is 23.5 Å². The zero-order valence-electron chi connectivity index (χ0n) is 12.8. The van der Waals surface area contributed by atoms with Gasteiger partial charge >= 0.3 is 0 Å². The predicted molar refractivity (Wildman–Crippen MR) is 85.3 cm³/mol. The number of hydrogen-bond donors (Lipinski definition) is 2. The van der Waals surface area contributed by atoms with Gasteiger partial charge in [-0.05, 0) is 17.8 Å². The van der Waals surface area contributed by atoms with E-state index < -0.39 is 17.1 Å². The van der Waals surface area contributed by atoms with E-state index in [1.165, 1.54) is 12.0 Å². The van der Waals surface area contributed by atoms with Crippen LogP contribution in [0.2, 0.25) is 0 Å². The third-order valence-electron chi connectivity index (χ3n) is 3.89. The lowest BCUT2D eigenvalue weighted by atomic mass is 9.53. The number of methoxy groups -OCH3 is 2. The van der Waals surface area contributed by atoms with E-state index in [1.807, 2.05) is 0 Å². The number of piperidine rings is 1. The Morgan fingerprint density at radius 3 is 2.45 bits per heavy atom. The Bertz CT molecular complexity index is 521. The highest BCUT2D eigenvalue weighted by molar-refractivity contribution is 6.40. The monoisotopic (exact) mass is 297 g/mol. The van der Waals surface area contributed by atoms with Crippen LogP contribution in [0.5, 0.6) is 11.5 Å². The fourth-order valence-electron chi connectivity index (χ4n) is 2.81. The van der Waals surface area contributed by atoms with Crippen LogP contribution >= 0.6 is 0 Å². The molecule has 0 saturated carbocycles. The van der Waals surface area contributed by atoms with Gasteiger partial charge in [-0.25, -0.2) is 0 Å². The maximum Gasteiger partial charge on any atom is 0.135 e. The molecule has 0 aromatic heterocycles. The number of benzene rings is 1. The van der Waals surface area contributed by atoms with Crippen LogP contribution in [0.25, 0.3) is 0 Å². The predicted octanol–water partition coefficient (Wildman–Crippen LogP) is -0.534. The molecule has 2 unspecified atom stereocenters. The molecule has 1 aliphatic rings. The molecule has 1 heterocycles. The summed E-state index contributed by atoms with van der Waals surface area (Å²) in [5.41, 5.74) is -1.07. The van der Waals surface area contributed by atoms with E-state index in [1.54, 1.807) is 25.3 Å². The minimum Gasteiger partial charge on any atom is -0.497 e. The smallest absolute Gasteiger partial charge is 0.135 e. The Morgan fingerprint density at radius 2 is 1.91 bits per heavy atom. The lowest BCUT2D eigenvalue weighted by Crippen LogP contribution is -2.67. The lowest BCUT2D eigenvalue weighted by Gasteiger charge is -2.54. The van der Waals surface area contributed by atoms with Gasteiger partial charge in [0.05, 0.1) is 41.6 Å². The highest BCUT2D eigenvalue weighted by atomic mass is 16.5. The molecule has 2 atom stereocenters. The lowest BCUT2D eigenvalue weighted by molar-refractivity contribution is -0.125. The fraction of sp³-hybridized carbons (Fsp3) is 0.571. The summed E-state index contributed by atoms with van der Waals surface area (Å²) in [7, 11) is 21.0. The number of likely N-dealkylation sites (tertiary alicyclic amines) is 1. The first-order valence-electron chi connectivity index (χ1n) is 6.95. The minimum absolute atomic E-state index is 0.0401. The molecule has 0 spiro atoms. The molecule has 6 radical (unpaired) electrons. The topological polar surface area (TPSA) is 62.2 Å². The molecule has 0 amide bonds. The number of aliphatic hydroxyl groups is 2. The van der Waals surface area contributed by atoms with Crippen molar-refractivity contribution in [2.45, 2.75) is 36.5 Å². The Morgan fingerprint density at radius 1 is 1.23 bits per heavy atom. The molecule has 112 valence electrons. The second-order valence-electron chi connectivity index (χ2n) is 5.70. The zero-order valence-corrected chi connectivity index (χ0v) is 12.8. The number of hydrogen-bond acceptors (Lipinski definition) is 5. The van der Waals surface area contributed by atoms with Crippen molar-refractivity contribution in [3.05, 3.63) is 23.8 Å². The third-order valence-corrected chi connectivity index (χ3v) is 3.89. The maximum atomic E-state index is 10.4. The van der Waals surface area contributed by atoms with Gasteiger partial charge in [-0.15, -0.1) is 0 Å². The van der Waals surface area contributed by atoms with Crippen molar-refractivity contribution in [2.24, 2.45) is 0 Å². The van der Waals surface area contributed by atoms with Gasteiger partial charge in [-0.3, -0.25) is 4.90 Å². The second-order valence-corrected chi connectivity index (χ2v) is 5.70. The molecule has 1 aliphatic heterocycles. The Labute approximate surface area is 134 Å². The second kappa shape index (κ2) is 6.18. The van der Waals surface area contributed by atoms with Gasteiger partial charge in [0.1, 0.15) is 19.3 Å². The molecule has 8 heteroatoms. The van der Waals surface area contributed by atoms with Gasteiger partial charge in [0.15, 0.2) is 0 Å². The van der Waals surface area contributed by atoms with Crippen LogP contribution in [0, 0.1) is 0 Å². The fourth-order valence-corrected chi connectivity index (χ4v) is 2.81. The molecular weight excluding hydrogens is 279 g/mol. The van der Waals surface area contributed by atoms with Crippen LogP contribution in [0.15, 0.2) is 18.2 Å². The van der Waals surface area contributed by atoms with Crippen molar-refractivity contribution in [2.75, 3.05) is 14.2 Å². The summed E-state index contributed by atoms with van der Waals surface area (Å²) in [5, 5.41) is 18.7. The van der Waals surface area contributed by atoms with Crippen LogP contribution in [-0.2, 0) is 6.54 Å². The summed E-state index contributed by atoms with van der Waals surface area (Å²) >= 11 is 0. The van der Waals surface area contributed by atoms with E-state index in [9.17, 15) is 10.2 Å². The molecule has 2 rings (SSSR count). The van der Waals surface area contributed by atoms with E-state index in [0.29, 0.717) is 11.5 Å². The molecule has 1 fully saturated rings. The normalized spacial score (nSPS) is 28.3. The van der Waals surface area contributed by atoms with E-state index in [-0.39, 0.29) is 19.4 Å². The summed E-state index contributed by atoms with van der Waals surface area (Å²) in [6.45, 7) is 0.167. The molecule has 1 saturated heterocycles. The van der Waals surface area contributed by atoms with Crippen molar-refractivity contribution < 1.29 is 19.7 Å². The van der Waals surface area contributed by atoms with Crippen LogP contribution in [0.4, 0.5) is 0 Å². The van der Waals surface area contributed by atoms with E-state index in [2.05, 4.69) is 0 Å². The van der Waals surface area contributed by atoms with Crippen molar-refractivity contribution in [3.8, 4) is 11.5 Å². The van der Waals surface area contributed by atoms with Gasteiger partial charge in [0.2, 0.25) is 0 Å². The standard InChI is InChI=1S/C14H18B3NO4/c1-21-11-4-3-9(12(5-11)22-2)8-18-13(15,16)6-10(19)7-14(18,17)20/h3-5,10,19-20H,6-8H2,1-2H3. The Hall–Kier alpha value is -1.11. The largest absolute Gasteiger partial charge is 0.497 e. The molecule has 1 aromatic carbocycles. The number of rotatable bonds is 4. The highest BCUT2D eigenvalue weighted by Crippen LogP contribution is 2.36. The molecular formula is C14H18B3NO4. The number of ether oxygens (including phenoxy) is 2. The van der Waals surface area contributed by atoms with Crippen LogP contribution in [0.3, 0.4) is 0 Å². The first kappa shape index (κ1) is 17.3. The number of nitrogens with zero attached hydrogens (tertiary/aromatic N) is 1. The van der Waals surface area contributed by atoms with Gasteiger partial charge < -0.3 is 19.7 Å². The molecule has 1 aromatic rings. The SMILES string of the molecule is [B]C1([B])CC(O)CC([B])(O)N1Cc1ccc(OC)cc1OC. The van der Waals surface area contributed by atoms with Crippen molar-refractivity contribution in [3.63, 3.8) is 0 Å². The molecule has 5 nitrogen and oxygen atoms in total.